The van der Waals surface area contributed by atoms with Crippen LogP contribution in [0.4, 0.5) is 5.13 Å². The topological polar surface area (TPSA) is 87.1 Å². The predicted octanol–water partition coefficient (Wildman–Crippen LogP) is 2.01. The highest BCUT2D eigenvalue weighted by Gasteiger charge is 2.18. The van der Waals surface area contributed by atoms with Crippen LogP contribution in [0.25, 0.3) is 0 Å². The largest absolute Gasteiger partial charge is 0.378 e. The maximum Gasteiger partial charge on any atom is 0.226 e. The Bertz CT molecular complexity index is 548. The highest BCUT2D eigenvalue weighted by atomic mass is 32.1. The Morgan fingerprint density at radius 1 is 1.35 bits per heavy atom. The Hall–Kier alpha value is -1.47. The summed E-state index contributed by atoms with van der Waals surface area (Å²) in [5.74, 6) is 1.45. The normalized spacial score (nSPS) is 18.7. The summed E-state index contributed by atoms with van der Waals surface area (Å²) in [6.07, 6.45) is 5.84. The van der Waals surface area contributed by atoms with Gasteiger partial charge in [-0.2, -0.15) is 4.98 Å². The molecular weight excluding hydrogens is 276 g/mol. The van der Waals surface area contributed by atoms with Gasteiger partial charge < -0.3 is 15.0 Å². The molecule has 1 aliphatic rings. The number of nitrogens with two attached hydrogens (primary N) is 1. The number of aromatic nitrogens is 3. The molecule has 0 bridgehead atoms. The van der Waals surface area contributed by atoms with Gasteiger partial charge in [0.1, 0.15) is 0 Å². The zero-order chi connectivity index (χ0) is 13.8. The third-order valence-corrected chi connectivity index (χ3v) is 4.06. The number of rotatable bonds is 6. The number of nitrogen functional groups attached to an aromatic ring is 1. The molecule has 7 heteroatoms. The lowest BCUT2D eigenvalue weighted by Crippen LogP contribution is -2.09. The fraction of sp³-hybridized carbons (Fsp3) is 0.615. The van der Waals surface area contributed by atoms with E-state index in [1.54, 1.807) is 0 Å². The van der Waals surface area contributed by atoms with E-state index in [0.717, 1.165) is 56.7 Å². The summed E-state index contributed by atoms with van der Waals surface area (Å²) >= 11 is 1.47. The Morgan fingerprint density at radius 2 is 2.30 bits per heavy atom. The molecule has 1 saturated heterocycles. The van der Waals surface area contributed by atoms with Gasteiger partial charge in [-0.25, -0.2) is 4.98 Å². The minimum Gasteiger partial charge on any atom is -0.378 e. The van der Waals surface area contributed by atoms with Crippen LogP contribution in [0.15, 0.2) is 9.90 Å². The van der Waals surface area contributed by atoms with E-state index in [1.807, 2.05) is 5.38 Å². The molecule has 3 heterocycles. The van der Waals surface area contributed by atoms with E-state index in [0.29, 0.717) is 11.0 Å². The Morgan fingerprint density at radius 3 is 3.05 bits per heavy atom. The number of ether oxygens (including phenoxy) is 1. The number of aryl methyl sites for hydroxylation is 2. The van der Waals surface area contributed by atoms with Crippen LogP contribution in [0.5, 0.6) is 0 Å². The van der Waals surface area contributed by atoms with Gasteiger partial charge in [0.05, 0.1) is 11.8 Å². The molecule has 108 valence electrons. The molecule has 0 amide bonds. The summed E-state index contributed by atoms with van der Waals surface area (Å²) in [4.78, 5) is 8.64. The van der Waals surface area contributed by atoms with Gasteiger partial charge in [-0.3, -0.25) is 0 Å². The smallest absolute Gasteiger partial charge is 0.226 e. The van der Waals surface area contributed by atoms with Crippen molar-refractivity contribution in [3.8, 4) is 0 Å². The van der Waals surface area contributed by atoms with Crippen LogP contribution in [-0.4, -0.2) is 27.8 Å². The quantitative estimate of drug-likeness (QED) is 0.877. The predicted molar refractivity (Wildman–Crippen MR) is 75.5 cm³/mol. The number of thiazole rings is 1. The van der Waals surface area contributed by atoms with E-state index in [2.05, 4.69) is 15.1 Å². The van der Waals surface area contributed by atoms with Gasteiger partial charge in [0, 0.05) is 24.8 Å². The molecule has 1 fully saturated rings. The van der Waals surface area contributed by atoms with Gasteiger partial charge in [0.25, 0.3) is 0 Å². The maximum atomic E-state index is 5.60. The van der Waals surface area contributed by atoms with Crippen molar-refractivity contribution in [2.75, 3.05) is 12.3 Å². The Balaban J connectivity index is 1.44. The Kier molecular flexibility index (Phi) is 4.27. The number of hydrogen-bond acceptors (Lipinski definition) is 7. The van der Waals surface area contributed by atoms with E-state index >= 15 is 0 Å². The van der Waals surface area contributed by atoms with E-state index in [1.165, 1.54) is 11.3 Å². The summed E-state index contributed by atoms with van der Waals surface area (Å²) in [6.45, 7) is 0.853. The highest BCUT2D eigenvalue weighted by molar-refractivity contribution is 7.13. The van der Waals surface area contributed by atoms with Crippen molar-refractivity contribution < 1.29 is 9.26 Å². The lowest BCUT2D eigenvalue weighted by molar-refractivity contribution is 0.109. The van der Waals surface area contributed by atoms with Crippen LogP contribution in [0.1, 0.15) is 36.7 Å². The minimum absolute atomic E-state index is 0.262. The van der Waals surface area contributed by atoms with Gasteiger partial charge in [0.15, 0.2) is 11.0 Å². The van der Waals surface area contributed by atoms with Crippen molar-refractivity contribution in [1.29, 1.82) is 0 Å². The first kappa shape index (κ1) is 13.5. The highest BCUT2D eigenvalue weighted by Crippen LogP contribution is 2.16. The first-order valence-corrected chi connectivity index (χ1v) is 7.80. The van der Waals surface area contributed by atoms with Gasteiger partial charge in [-0.15, -0.1) is 11.3 Å². The zero-order valence-electron chi connectivity index (χ0n) is 11.2. The lowest BCUT2D eigenvalue weighted by Gasteiger charge is -2.03. The molecule has 1 unspecified atom stereocenters. The first-order valence-electron chi connectivity index (χ1n) is 6.92. The second-order valence-electron chi connectivity index (χ2n) is 4.97. The van der Waals surface area contributed by atoms with Gasteiger partial charge in [0.2, 0.25) is 5.89 Å². The van der Waals surface area contributed by atoms with E-state index in [-0.39, 0.29) is 6.10 Å². The average Bonchev–Trinajstić information content (AvgIpc) is 3.14. The summed E-state index contributed by atoms with van der Waals surface area (Å²) < 4.78 is 10.8. The third-order valence-electron chi connectivity index (χ3n) is 3.34. The molecule has 1 aliphatic heterocycles. The third kappa shape index (κ3) is 3.55. The van der Waals surface area contributed by atoms with Crippen LogP contribution in [0.3, 0.4) is 0 Å². The molecule has 0 aromatic carbocycles. The first-order chi connectivity index (χ1) is 9.79. The number of hydrogen-bond donors (Lipinski definition) is 1. The zero-order valence-corrected chi connectivity index (χ0v) is 12.1. The Labute approximate surface area is 121 Å². The average molecular weight is 294 g/mol. The van der Waals surface area contributed by atoms with Crippen molar-refractivity contribution in [2.45, 2.75) is 44.6 Å². The summed E-state index contributed by atoms with van der Waals surface area (Å²) in [7, 11) is 0. The van der Waals surface area contributed by atoms with Gasteiger partial charge >= 0.3 is 0 Å². The molecule has 3 rings (SSSR count). The lowest BCUT2D eigenvalue weighted by atomic mass is 10.2. The van der Waals surface area contributed by atoms with Gasteiger partial charge in [-0.1, -0.05) is 5.16 Å². The molecule has 1 atom stereocenters. The SMILES string of the molecule is Nc1nc(CCCc2nc(CC3CCCO3)no2)cs1. The molecule has 0 spiro atoms. The van der Waals surface area contributed by atoms with E-state index in [9.17, 15) is 0 Å². The van der Waals surface area contributed by atoms with Crippen LogP contribution >= 0.6 is 11.3 Å². The second-order valence-corrected chi connectivity index (χ2v) is 5.86. The molecule has 0 saturated carbocycles. The molecular formula is C13H18N4O2S. The van der Waals surface area contributed by atoms with Crippen molar-refractivity contribution in [2.24, 2.45) is 0 Å². The van der Waals surface area contributed by atoms with Gasteiger partial charge in [-0.05, 0) is 25.7 Å². The standard InChI is InChI=1S/C13H18N4O2S/c14-13-15-9(8-20-13)3-1-5-12-16-11(17-19-12)7-10-4-2-6-18-10/h8,10H,1-7H2,(H2,14,15). The van der Waals surface area contributed by atoms with Crippen LogP contribution in [0, 0.1) is 0 Å². The summed E-state index contributed by atoms with van der Waals surface area (Å²) in [5.41, 5.74) is 6.63. The van der Waals surface area contributed by atoms with Crippen molar-refractivity contribution in [1.82, 2.24) is 15.1 Å². The maximum absolute atomic E-state index is 5.60. The fourth-order valence-electron chi connectivity index (χ4n) is 2.34. The van der Waals surface area contributed by atoms with Crippen LogP contribution < -0.4 is 5.73 Å². The molecule has 2 aromatic rings. The molecule has 20 heavy (non-hydrogen) atoms. The summed E-state index contributed by atoms with van der Waals surface area (Å²) in [6, 6.07) is 0. The van der Waals surface area contributed by atoms with Crippen molar-refractivity contribution in [3.05, 3.63) is 22.8 Å². The molecule has 2 aromatic heterocycles. The summed E-state index contributed by atoms with van der Waals surface area (Å²) in [5, 5.41) is 6.62. The van der Waals surface area contributed by atoms with E-state index in [4.69, 9.17) is 15.0 Å². The molecule has 0 aliphatic carbocycles. The molecule has 0 radical (unpaired) electrons. The number of nitrogens with zero attached hydrogens (tertiary/aromatic N) is 3. The van der Waals surface area contributed by atoms with Crippen LogP contribution in [0.2, 0.25) is 0 Å². The monoisotopic (exact) mass is 294 g/mol. The van der Waals surface area contributed by atoms with Crippen LogP contribution in [-0.2, 0) is 24.0 Å². The molecule has 2 N–H and O–H groups in total. The van der Waals surface area contributed by atoms with Crippen molar-refractivity contribution >= 4 is 16.5 Å². The van der Waals surface area contributed by atoms with E-state index < -0.39 is 0 Å². The molecule has 6 nitrogen and oxygen atoms in total. The minimum atomic E-state index is 0.262. The van der Waals surface area contributed by atoms with Crippen molar-refractivity contribution in [3.63, 3.8) is 0 Å². The number of anilines is 1. The second kappa shape index (κ2) is 6.32. The fourth-order valence-corrected chi connectivity index (χ4v) is 2.94.